The third-order valence-electron chi connectivity index (χ3n) is 4.00. The maximum absolute atomic E-state index is 12.3. The summed E-state index contributed by atoms with van der Waals surface area (Å²) in [4.78, 5) is 25.0. The monoisotopic (exact) mass is 347 g/mol. The Balaban J connectivity index is 1.68. The van der Waals surface area contributed by atoms with Crippen LogP contribution in [0.15, 0.2) is 24.5 Å². The van der Waals surface area contributed by atoms with Crippen molar-refractivity contribution >= 4 is 22.5 Å². The lowest BCUT2D eigenvalue weighted by Gasteiger charge is -2.14. The van der Waals surface area contributed by atoms with Crippen molar-refractivity contribution in [1.82, 2.24) is 20.2 Å². The fraction of sp³-hybridized carbons (Fsp3) is 0.438. The number of nitrogens with one attached hydrogen (secondary N) is 1. The van der Waals surface area contributed by atoms with E-state index in [1.807, 2.05) is 26.0 Å². The number of aromatic nitrogens is 2. The molecule has 0 spiro atoms. The van der Waals surface area contributed by atoms with Crippen LogP contribution in [0, 0.1) is 6.92 Å². The van der Waals surface area contributed by atoms with Gasteiger partial charge in [-0.2, -0.15) is 0 Å². The zero-order chi connectivity index (χ0) is 17.1. The number of aliphatic hydroxyl groups excluding tert-OH is 1. The van der Waals surface area contributed by atoms with Gasteiger partial charge in [-0.3, -0.25) is 15.2 Å². The molecule has 0 bridgehead atoms. The van der Waals surface area contributed by atoms with E-state index < -0.39 is 6.23 Å². The largest absolute Gasteiger partial charge is 0.373 e. The van der Waals surface area contributed by atoms with E-state index in [0.717, 1.165) is 16.1 Å². The molecule has 8 heteroatoms. The van der Waals surface area contributed by atoms with Crippen molar-refractivity contribution in [3.63, 3.8) is 0 Å². The smallest absolute Gasteiger partial charge is 0.326 e. The minimum absolute atomic E-state index is 0.0180. The summed E-state index contributed by atoms with van der Waals surface area (Å²) in [5, 5.41) is 14.1. The molecule has 0 saturated carbocycles. The number of hydrogen-bond donors (Lipinski definition) is 2. The van der Waals surface area contributed by atoms with Gasteiger partial charge in [0.25, 0.3) is 0 Å². The molecule has 0 aromatic carbocycles. The van der Waals surface area contributed by atoms with Crippen LogP contribution in [-0.2, 0) is 6.54 Å². The first-order valence-corrected chi connectivity index (χ1v) is 8.76. The number of rotatable bonds is 6. The predicted molar refractivity (Wildman–Crippen MR) is 92.9 cm³/mol. The Morgan fingerprint density at radius 2 is 2.29 bits per heavy atom. The molecular weight excluding hydrogens is 326 g/mol. The van der Waals surface area contributed by atoms with Crippen molar-refractivity contribution in [1.29, 1.82) is 0 Å². The highest BCUT2D eigenvalue weighted by Crippen LogP contribution is 2.31. The molecule has 7 nitrogen and oxygen atoms in total. The van der Waals surface area contributed by atoms with E-state index in [0.29, 0.717) is 31.3 Å². The highest BCUT2D eigenvalue weighted by Gasteiger charge is 2.31. The standard InChI is InChI=1S/C16H21N5O2S/c1-3-20-7-8-21(16(20)23)15-19-11(2)13(24-15)14(22)18-10-12-5-4-6-17-9-12/h4-6,9,14,18,22H,3,7-8,10H2,1-2H3. The molecule has 2 amide bonds. The van der Waals surface area contributed by atoms with Crippen LogP contribution < -0.4 is 10.2 Å². The van der Waals surface area contributed by atoms with Gasteiger partial charge >= 0.3 is 6.03 Å². The second kappa shape index (κ2) is 7.25. The van der Waals surface area contributed by atoms with Crippen LogP contribution in [0.5, 0.6) is 0 Å². The number of nitrogens with zero attached hydrogens (tertiary/aromatic N) is 4. The summed E-state index contributed by atoms with van der Waals surface area (Å²) in [6, 6.07) is 3.79. The number of aliphatic hydroxyl groups is 1. The molecular formula is C16H21N5O2S. The molecule has 2 aromatic rings. The third-order valence-corrected chi connectivity index (χ3v) is 5.23. The summed E-state index contributed by atoms with van der Waals surface area (Å²) in [5.41, 5.74) is 1.73. The average molecular weight is 347 g/mol. The normalized spacial score (nSPS) is 16.0. The fourth-order valence-corrected chi connectivity index (χ4v) is 3.67. The van der Waals surface area contributed by atoms with Gasteiger partial charge in [0.1, 0.15) is 6.23 Å². The molecule has 1 saturated heterocycles. The van der Waals surface area contributed by atoms with Crippen LogP contribution in [0.4, 0.5) is 9.93 Å². The average Bonchev–Trinajstić information content (AvgIpc) is 3.16. The predicted octanol–water partition coefficient (Wildman–Crippen LogP) is 1.89. The lowest BCUT2D eigenvalue weighted by Crippen LogP contribution is -2.31. The van der Waals surface area contributed by atoms with Crippen molar-refractivity contribution < 1.29 is 9.90 Å². The van der Waals surface area contributed by atoms with E-state index in [4.69, 9.17) is 0 Å². The van der Waals surface area contributed by atoms with E-state index in [9.17, 15) is 9.90 Å². The van der Waals surface area contributed by atoms with E-state index in [1.54, 1.807) is 22.2 Å². The van der Waals surface area contributed by atoms with Crippen molar-refractivity contribution in [2.45, 2.75) is 26.6 Å². The van der Waals surface area contributed by atoms with Gasteiger partial charge in [-0.05, 0) is 25.5 Å². The molecule has 2 N–H and O–H groups in total. The van der Waals surface area contributed by atoms with Gasteiger partial charge in [-0.15, -0.1) is 0 Å². The highest BCUT2D eigenvalue weighted by atomic mass is 32.1. The van der Waals surface area contributed by atoms with Gasteiger partial charge in [0.05, 0.1) is 10.6 Å². The Bertz CT molecular complexity index is 706. The van der Waals surface area contributed by atoms with Crippen LogP contribution >= 0.6 is 11.3 Å². The fourth-order valence-electron chi connectivity index (χ4n) is 2.63. The van der Waals surface area contributed by atoms with Gasteiger partial charge < -0.3 is 10.0 Å². The lowest BCUT2D eigenvalue weighted by atomic mass is 10.3. The van der Waals surface area contributed by atoms with Gasteiger partial charge in [-0.1, -0.05) is 17.4 Å². The number of hydrogen-bond acceptors (Lipinski definition) is 6. The van der Waals surface area contributed by atoms with Crippen molar-refractivity contribution in [2.24, 2.45) is 0 Å². The summed E-state index contributed by atoms with van der Waals surface area (Å²) in [7, 11) is 0. The summed E-state index contributed by atoms with van der Waals surface area (Å²) in [6.07, 6.45) is 2.65. The minimum atomic E-state index is -0.823. The second-order valence-corrected chi connectivity index (χ2v) is 6.61. The number of aryl methyl sites for hydroxylation is 1. The Hall–Kier alpha value is -2.03. The number of urea groups is 1. The molecule has 1 aliphatic rings. The van der Waals surface area contributed by atoms with E-state index >= 15 is 0 Å². The van der Waals surface area contributed by atoms with E-state index in [1.165, 1.54) is 11.3 Å². The van der Waals surface area contributed by atoms with Crippen molar-refractivity contribution in [3.05, 3.63) is 40.7 Å². The molecule has 0 radical (unpaired) electrons. The molecule has 1 atom stereocenters. The van der Waals surface area contributed by atoms with Gasteiger partial charge in [0.2, 0.25) is 0 Å². The number of likely N-dealkylation sites (N-methyl/N-ethyl adjacent to an activating group) is 1. The molecule has 1 aliphatic heterocycles. The summed E-state index contributed by atoms with van der Waals surface area (Å²) in [6.45, 7) is 6.37. The van der Waals surface area contributed by atoms with Gasteiger partial charge in [0, 0.05) is 38.6 Å². The molecule has 128 valence electrons. The minimum Gasteiger partial charge on any atom is -0.373 e. The first kappa shape index (κ1) is 16.8. The highest BCUT2D eigenvalue weighted by molar-refractivity contribution is 7.16. The molecule has 24 heavy (non-hydrogen) atoms. The number of pyridine rings is 1. The van der Waals surface area contributed by atoms with Crippen LogP contribution in [0.1, 0.15) is 29.3 Å². The molecule has 3 heterocycles. The number of carbonyl (C=O) groups excluding carboxylic acids is 1. The quantitative estimate of drug-likeness (QED) is 0.780. The summed E-state index contributed by atoms with van der Waals surface area (Å²) in [5.74, 6) is 0. The Kier molecular flexibility index (Phi) is 5.08. The number of thiazole rings is 1. The maximum atomic E-state index is 12.3. The number of anilines is 1. The number of amides is 2. The second-order valence-electron chi connectivity index (χ2n) is 5.60. The Morgan fingerprint density at radius 3 is 2.96 bits per heavy atom. The SMILES string of the molecule is CCN1CCN(c2nc(C)c(C(O)NCc3cccnc3)s2)C1=O. The first-order chi connectivity index (χ1) is 11.6. The molecule has 1 unspecified atom stereocenters. The van der Waals surface area contributed by atoms with Gasteiger partial charge in [-0.25, -0.2) is 9.78 Å². The van der Waals surface area contributed by atoms with Crippen LogP contribution in [-0.4, -0.2) is 45.6 Å². The van der Waals surface area contributed by atoms with Crippen LogP contribution in [0.3, 0.4) is 0 Å². The lowest BCUT2D eigenvalue weighted by molar-refractivity contribution is 0.140. The molecule has 1 fully saturated rings. The number of carbonyl (C=O) groups is 1. The van der Waals surface area contributed by atoms with Crippen LogP contribution in [0.2, 0.25) is 0 Å². The van der Waals surface area contributed by atoms with Crippen LogP contribution in [0.25, 0.3) is 0 Å². The Labute approximate surface area is 145 Å². The molecule has 3 rings (SSSR count). The topological polar surface area (TPSA) is 81.6 Å². The maximum Gasteiger partial charge on any atom is 0.326 e. The third kappa shape index (κ3) is 3.40. The Morgan fingerprint density at radius 1 is 1.46 bits per heavy atom. The molecule has 0 aliphatic carbocycles. The van der Waals surface area contributed by atoms with E-state index in [2.05, 4.69) is 15.3 Å². The zero-order valence-electron chi connectivity index (χ0n) is 13.8. The summed E-state index contributed by atoms with van der Waals surface area (Å²) >= 11 is 1.36. The first-order valence-electron chi connectivity index (χ1n) is 7.94. The summed E-state index contributed by atoms with van der Waals surface area (Å²) < 4.78 is 0. The van der Waals surface area contributed by atoms with Crippen molar-refractivity contribution in [2.75, 3.05) is 24.5 Å². The van der Waals surface area contributed by atoms with Gasteiger partial charge in [0.15, 0.2) is 5.13 Å². The van der Waals surface area contributed by atoms with Crippen molar-refractivity contribution in [3.8, 4) is 0 Å². The molecule has 2 aromatic heterocycles. The van der Waals surface area contributed by atoms with E-state index in [-0.39, 0.29) is 6.03 Å². The zero-order valence-corrected chi connectivity index (χ0v) is 14.6.